The van der Waals surface area contributed by atoms with E-state index in [4.69, 9.17) is 10.5 Å². The van der Waals surface area contributed by atoms with Crippen LogP contribution in [0.15, 0.2) is 17.0 Å². The zero-order valence-electron chi connectivity index (χ0n) is 13.3. The lowest BCUT2D eigenvalue weighted by Crippen LogP contribution is -2.28. The SMILES string of the molecule is Cc1cc(CN)cc(S(=O)(=O)NCCOCC(C)C)c1C. The second-order valence-electron chi connectivity index (χ2n) is 5.61. The molecule has 0 unspecified atom stereocenters. The van der Waals surface area contributed by atoms with Gasteiger partial charge in [-0.2, -0.15) is 0 Å². The number of hydrogen-bond acceptors (Lipinski definition) is 4. The minimum Gasteiger partial charge on any atom is -0.380 e. The van der Waals surface area contributed by atoms with E-state index in [1.54, 1.807) is 13.0 Å². The molecule has 3 N–H and O–H groups in total. The Hall–Kier alpha value is -0.950. The first kappa shape index (κ1) is 18.1. The van der Waals surface area contributed by atoms with Gasteiger partial charge in [0.15, 0.2) is 0 Å². The van der Waals surface area contributed by atoms with Gasteiger partial charge in [0.05, 0.1) is 11.5 Å². The second-order valence-corrected chi connectivity index (χ2v) is 7.34. The van der Waals surface area contributed by atoms with Crippen molar-refractivity contribution in [2.45, 2.75) is 39.1 Å². The molecule has 0 aromatic heterocycles. The summed E-state index contributed by atoms with van der Waals surface area (Å²) in [5, 5.41) is 0. The molecule has 1 aromatic carbocycles. The van der Waals surface area contributed by atoms with Crippen LogP contribution in [-0.2, 0) is 21.3 Å². The Morgan fingerprint density at radius 2 is 1.95 bits per heavy atom. The molecule has 21 heavy (non-hydrogen) atoms. The van der Waals surface area contributed by atoms with Crippen LogP contribution in [0, 0.1) is 19.8 Å². The highest BCUT2D eigenvalue weighted by Crippen LogP contribution is 2.20. The Labute approximate surface area is 127 Å². The molecule has 0 aliphatic rings. The van der Waals surface area contributed by atoms with Gasteiger partial charge in [0.2, 0.25) is 10.0 Å². The summed E-state index contributed by atoms with van der Waals surface area (Å²) >= 11 is 0. The zero-order chi connectivity index (χ0) is 16.0. The largest absolute Gasteiger partial charge is 0.380 e. The molecular weight excluding hydrogens is 288 g/mol. The van der Waals surface area contributed by atoms with E-state index in [1.807, 2.05) is 13.0 Å². The fourth-order valence-electron chi connectivity index (χ4n) is 1.94. The highest BCUT2D eigenvalue weighted by atomic mass is 32.2. The molecule has 0 bridgehead atoms. The first-order chi connectivity index (χ1) is 9.77. The first-order valence-corrected chi connectivity index (χ1v) is 8.64. The molecule has 0 aliphatic heterocycles. The van der Waals surface area contributed by atoms with Crippen molar-refractivity contribution >= 4 is 10.0 Å². The molecular formula is C15H26N2O3S. The molecule has 0 saturated carbocycles. The smallest absolute Gasteiger partial charge is 0.240 e. The lowest BCUT2D eigenvalue weighted by Gasteiger charge is -2.13. The van der Waals surface area contributed by atoms with E-state index in [0.717, 1.165) is 16.7 Å². The van der Waals surface area contributed by atoms with E-state index in [-0.39, 0.29) is 6.54 Å². The molecule has 6 heteroatoms. The summed E-state index contributed by atoms with van der Waals surface area (Å²) in [6.45, 7) is 9.37. The van der Waals surface area contributed by atoms with Crippen molar-refractivity contribution in [1.29, 1.82) is 0 Å². The Morgan fingerprint density at radius 1 is 1.29 bits per heavy atom. The van der Waals surface area contributed by atoms with Gasteiger partial charge in [-0.15, -0.1) is 0 Å². The maximum Gasteiger partial charge on any atom is 0.240 e. The van der Waals surface area contributed by atoms with Crippen LogP contribution in [-0.4, -0.2) is 28.2 Å². The van der Waals surface area contributed by atoms with Crippen LogP contribution in [0.1, 0.15) is 30.5 Å². The van der Waals surface area contributed by atoms with Crippen LogP contribution in [0.2, 0.25) is 0 Å². The fourth-order valence-corrected chi connectivity index (χ4v) is 3.32. The van der Waals surface area contributed by atoms with Gasteiger partial charge < -0.3 is 10.5 Å². The predicted molar refractivity (Wildman–Crippen MR) is 84.7 cm³/mol. The molecule has 5 nitrogen and oxygen atoms in total. The quantitative estimate of drug-likeness (QED) is 0.716. The molecule has 0 fully saturated rings. The Bertz CT molecular complexity index is 569. The number of benzene rings is 1. The van der Waals surface area contributed by atoms with Crippen LogP contribution in [0.3, 0.4) is 0 Å². The highest BCUT2D eigenvalue weighted by molar-refractivity contribution is 7.89. The standard InChI is InChI=1S/C15H26N2O3S/c1-11(2)10-20-6-5-17-21(18,19)15-8-14(9-16)7-12(3)13(15)4/h7-8,11,17H,5-6,9-10,16H2,1-4H3. The molecule has 1 aromatic rings. The second kappa shape index (κ2) is 7.89. The third-order valence-corrected chi connectivity index (χ3v) is 4.78. The zero-order valence-corrected chi connectivity index (χ0v) is 14.1. The molecule has 0 heterocycles. The van der Waals surface area contributed by atoms with E-state index in [0.29, 0.717) is 30.6 Å². The van der Waals surface area contributed by atoms with Gasteiger partial charge in [0, 0.05) is 19.7 Å². The number of hydrogen-bond donors (Lipinski definition) is 2. The maximum atomic E-state index is 12.4. The van der Waals surface area contributed by atoms with Crippen molar-refractivity contribution in [2.75, 3.05) is 19.8 Å². The maximum absolute atomic E-state index is 12.4. The minimum atomic E-state index is -3.53. The van der Waals surface area contributed by atoms with E-state index in [2.05, 4.69) is 18.6 Å². The van der Waals surface area contributed by atoms with Crippen LogP contribution in [0.4, 0.5) is 0 Å². The average Bonchev–Trinajstić information content (AvgIpc) is 2.40. The fraction of sp³-hybridized carbons (Fsp3) is 0.600. The van der Waals surface area contributed by atoms with Crippen molar-refractivity contribution in [1.82, 2.24) is 4.72 Å². The molecule has 0 aliphatic carbocycles. The molecule has 0 spiro atoms. The van der Waals surface area contributed by atoms with Gasteiger partial charge in [0.1, 0.15) is 0 Å². The number of sulfonamides is 1. The first-order valence-electron chi connectivity index (χ1n) is 7.15. The van der Waals surface area contributed by atoms with Crippen molar-refractivity contribution in [3.8, 4) is 0 Å². The Balaban J connectivity index is 2.76. The van der Waals surface area contributed by atoms with Crippen LogP contribution in [0.5, 0.6) is 0 Å². The lowest BCUT2D eigenvalue weighted by molar-refractivity contribution is 0.114. The van der Waals surface area contributed by atoms with Gasteiger partial charge >= 0.3 is 0 Å². The normalized spacial score (nSPS) is 12.1. The minimum absolute atomic E-state index is 0.264. The van der Waals surface area contributed by atoms with Crippen molar-refractivity contribution < 1.29 is 13.2 Å². The Morgan fingerprint density at radius 3 is 2.52 bits per heavy atom. The molecule has 0 saturated heterocycles. The van der Waals surface area contributed by atoms with E-state index < -0.39 is 10.0 Å². The van der Waals surface area contributed by atoms with Crippen molar-refractivity contribution in [3.05, 3.63) is 28.8 Å². The van der Waals surface area contributed by atoms with Crippen LogP contribution < -0.4 is 10.5 Å². The van der Waals surface area contributed by atoms with Crippen molar-refractivity contribution in [3.63, 3.8) is 0 Å². The summed E-state index contributed by atoms with van der Waals surface area (Å²) in [6, 6.07) is 3.56. The number of nitrogens with two attached hydrogens (primary N) is 1. The summed E-state index contributed by atoms with van der Waals surface area (Å²) in [6.07, 6.45) is 0. The average molecular weight is 314 g/mol. The summed E-state index contributed by atoms with van der Waals surface area (Å²) in [5.74, 6) is 0.438. The van der Waals surface area contributed by atoms with E-state index in [9.17, 15) is 8.42 Å². The lowest BCUT2D eigenvalue weighted by atomic mass is 10.1. The monoisotopic (exact) mass is 314 g/mol. The van der Waals surface area contributed by atoms with Crippen LogP contribution >= 0.6 is 0 Å². The molecule has 1 rings (SSSR count). The van der Waals surface area contributed by atoms with Crippen LogP contribution in [0.25, 0.3) is 0 Å². The summed E-state index contributed by atoms with van der Waals surface area (Å²) < 4.78 is 32.7. The van der Waals surface area contributed by atoms with Gasteiger partial charge in [-0.3, -0.25) is 0 Å². The molecule has 120 valence electrons. The number of rotatable bonds is 8. The Kier molecular flexibility index (Phi) is 6.80. The number of ether oxygens (including phenoxy) is 1. The topological polar surface area (TPSA) is 81.4 Å². The van der Waals surface area contributed by atoms with Gasteiger partial charge in [-0.25, -0.2) is 13.1 Å². The summed E-state index contributed by atoms with van der Waals surface area (Å²) in [4.78, 5) is 0.298. The summed E-state index contributed by atoms with van der Waals surface area (Å²) in [7, 11) is -3.53. The molecule has 0 atom stereocenters. The number of aryl methyl sites for hydroxylation is 1. The van der Waals surface area contributed by atoms with E-state index >= 15 is 0 Å². The van der Waals surface area contributed by atoms with Gasteiger partial charge in [-0.1, -0.05) is 19.9 Å². The van der Waals surface area contributed by atoms with Gasteiger partial charge in [-0.05, 0) is 42.5 Å². The summed E-state index contributed by atoms with van der Waals surface area (Å²) in [5.41, 5.74) is 8.11. The number of nitrogens with one attached hydrogen (secondary N) is 1. The predicted octanol–water partition coefficient (Wildman–Crippen LogP) is 1.71. The molecule has 0 radical (unpaired) electrons. The highest BCUT2D eigenvalue weighted by Gasteiger charge is 2.18. The van der Waals surface area contributed by atoms with E-state index in [1.165, 1.54) is 0 Å². The third kappa shape index (κ3) is 5.39. The van der Waals surface area contributed by atoms with Gasteiger partial charge in [0.25, 0.3) is 0 Å². The third-order valence-electron chi connectivity index (χ3n) is 3.19. The van der Waals surface area contributed by atoms with Crippen molar-refractivity contribution in [2.24, 2.45) is 11.7 Å². The molecule has 0 amide bonds.